The van der Waals surface area contributed by atoms with Crippen molar-refractivity contribution in [3.63, 3.8) is 0 Å². The van der Waals surface area contributed by atoms with Crippen molar-refractivity contribution in [1.29, 1.82) is 0 Å². The smallest absolute Gasteiger partial charge is 0.274 e. The number of amides is 1. The Balaban J connectivity index is 1.72. The van der Waals surface area contributed by atoms with Crippen LogP contribution in [0.2, 0.25) is 0 Å². The van der Waals surface area contributed by atoms with Gasteiger partial charge in [-0.15, -0.1) is 0 Å². The summed E-state index contributed by atoms with van der Waals surface area (Å²) in [6.07, 6.45) is 6.69. The van der Waals surface area contributed by atoms with Crippen LogP contribution in [0.5, 0.6) is 0 Å². The van der Waals surface area contributed by atoms with Gasteiger partial charge in [0.2, 0.25) is 5.91 Å². The average Bonchev–Trinajstić information content (AvgIpc) is 2.52. The number of fused-ring (bicyclic) bond motifs is 1. The van der Waals surface area contributed by atoms with Crippen LogP contribution < -0.4 is 10.9 Å². The fourth-order valence-corrected chi connectivity index (χ4v) is 2.97. The van der Waals surface area contributed by atoms with E-state index >= 15 is 0 Å². The molecule has 1 heterocycles. The second kappa shape index (κ2) is 6.18. The Kier molecular flexibility index (Phi) is 4.09. The van der Waals surface area contributed by atoms with Gasteiger partial charge >= 0.3 is 0 Å². The molecule has 0 saturated carbocycles. The van der Waals surface area contributed by atoms with E-state index in [1.54, 1.807) is 25.4 Å². The van der Waals surface area contributed by atoms with E-state index < -0.39 is 0 Å². The van der Waals surface area contributed by atoms with Gasteiger partial charge in [-0.3, -0.25) is 9.59 Å². The summed E-state index contributed by atoms with van der Waals surface area (Å²) in [4.78, 5) is 24.1. The van der Waals surface area contributed by atoms with Crippen LogP contribution in [0.3, 0.4) is 0 Å². The molecule has 0 atom stereocenters. The molecule has 1 aliphatic rings. The van der Waals surface area contributed by atoms with Gasteiger partial charge in [0.05, 0.1) is 6.42 Å². The number of rotatable bonds is 3. The summed E-state index contributed by atoms with van der Waals surface area (Å²) in [6.45, 7) is 0. The standard InChI is InChI=1S/C18H20N2O2/c1-20-10-4-7-16(18(20)22)19-17(21)12-13-8-9-14-5-2-3-6-15(14)11-13/h4,7-11H,2-3,5-6,12H2,1H3,(H,19,21). The normalized spacial score (nSPS) is 13.5. The zero-order valence-corrected chi connectivity index (χ0v) is 12.8. The molecule has 22 heavy (non-hydrogen) atoms. The quantitative estimate of drug-likeness (QED) is 0.946. The van der Waals surface area contributed by atoms with Crippen LogP contribution in [-0.2, 0) is 31.1 Å². The number of benzene rings is 1. The first-order chi connectivity index (χ1) is 10.6. The van der Waals surface area contributed by atoms with Crippen LogP contribution in [-0.4, -0.2) is 10.5 Å². The lowest BCUT2D eigenvalue weighted by molar-refractivity contribution is -0.115. The molecule has 0 unspecified atom stereocenters. The molecule has 4 heteroatoms. The number of pyridine rings is 1. The lowest BCUT2D eigenvalue weighted by Crippen LogP contribution is -2.24. The molecule has 1 aromatic carbocycles. The van der Waals surface area contributed by atoms with Crippen LogP contribution in [0.1, 0.15) is 29.5 Å². The van der Waals surface area contributed by atoms with Gasteiger partial charge in [0, 0.05) is 13.2 Å². The first-order valence-electron chi connectivity index (χ1n) is 7.69. The van der Waals surface area contributed by atoms with Gasteiger partial charge in [0.15, 0.2) is 0 Å². The topological polar surface area (TPSA) is 51.1 Å². The van der Waals surface area contributed by atoms with Gasteiger partial charge < -0.3 is 9.88 Å². The number of carbonyl (C=O) groups is 1. The van der Waals surface area contributed by atoms with Crippen molar-refractivity contribution in [2.24, 2.45) is 7.05 Å². The Morgan fingerprint density at radius 1 is 1.18 bits per heavy atom. The average molecular weight is 296 g/mol. The van der Waals surface area contributed by atoms with Crippen molar-refractivity contribution in [1.82, 2.24) is 4.57 Å². The highest BCUT2D eigenvalue weighted by Gasteiger charge is 2.12. The molecule has 1 N–H and O–H groups in total. The number of hydrogen-bond acceptors (Lipinski definition) is 2. The van der Waals surface area contributed by atoms with Crippen LogP contribution in [0, 0.1) is 0 Å². The first-order valence-corrected chi connectivity index (χ1v) is 7.69. The Labute approximate surface area is 129 Å². The van der Waals surface area contributed by atoms with Gasteiger partial charge in [0.1, 0.15) is 5.69 Å². The zero-order valence-electron chi connectivity index (χ0n) is 12.8. The van der Waals surface area contributed by atoms with Crippen LogP contribution >= 0.6 is 0 Å². The van der Waals surface area contributed by atoms with Crippen LogP contribution in [0.15, 0.2) is 41.3 Å². The highest BCUT2D eigenvalue weighted by atomic mass is 16.2. The summed E-state index contributed by atoms with van der Waals surface area (Å²) in [7, 11) is 1.67. The van der Waals surface area contributed by atoms with E-state index in [0.29, 0.717) is 12.1 Å². The van der Waals surface area contributed by atoms with Gasteiger partial charge in [-0.2, -0.15) is 0 Å². The van der Waals surface area contributed by atoms with Crippen molar-refractivity contribution in [2.45, 2.75) is 32.1 Å². The molecule has 0 bridgehead atoms. The number of anilines is 1. The third kappa shape index (κ3) is 3.11. The molecule has 3 rings (SSSR count). The second-order valence-corrected chi connectivity index (χ2v) is 5.87. The maximum atomic E-state index is 12.2. The highest BCUT2D eigenvalue weighted by molar-refractivity contribution is 5.92. The maximum Gasteiger partial charge on any atom is 0.274 e. The van der Waals surface area contributed by atoms with E-state index in [0.717, 1.165) is 18.4 Å². The largest absolute Gasteiger partial charge is 0.321 e. The van der Waals surface area contributed by atoms with Crippen LogP contribution in [0.4, 0.5) is 5.69 Å². The molecule has 1 amide bonds. The van der Waals surface area contributed by atoms with E-state index in [1.807, 2.05) is 6.07 Å². The number of nitrogens with zero attached hydrogens (tertiary/aromatic N) is 1. The predicted molar refractivity (Wildman–Crippen MR) is 87.1 cm³/mol. The third-order valence-corrected chi connectivity index (χ3v) is 4.17. The summed E-state index contributed by atoms with van der Waals surface area (Å²) in [5.41, 5.74) is 3.92. The first kappa shape index (κ1) is 14.6. The number of carbonyl (C=O) groups excluding carboxylic acids is 1. The molecule has 2 aromatic rings. The summed E-state index contributed by atoms with van der Waals surface area (Å²) in [6, 6.07) is 9.67. The molecule has 0 aliphatic heterocycles. The second-order valence-electron chi connectivity index (χ2n) is 5.87. The zero-order chi connectivity index (χ0) is 15.5. The molecule has 0 fully saturated rings. The SMILES string of the molecule is Cn1cccc(NC(=O)Cc2ccc3c(c2)CCCC3)c1=O. The van der Waals surface area contributed by atoms with Gasteiger partial charge in [0.25, 0.3) is 5.56 Å². The number of nitrogens with one attached hydrogen (secondary N) is 1. The highest BCUT2D eigenvalue weighted by Crippen LogP contribution is 2.22. The fraction of sp³-hybridized carbons (Fsp3) is 0.333. The van der Waals surface area contributed by atoms with Crippen molar-refractivity contribution < 1.29 is 4.79 Å². The summed E-state index contributed by atoms with van der Waals surface area (Å²) >= 11 is 0. The minimum absolute atomic E-state index is 0.154. The molecule has 4 nitrogen and oxygen atoms in total. The minimum Gasteiger partial charge on any atom is -0.321 e. The van der Waals surface area contributed by atoms with E-state index in [9.17, 15) is 9.59 Å². The minimum atomic E-state index is -0.193. The lowest BCUT2D eigenvalue weighted by Gasteiger charge is -2.16. The van der Waals surface area contributed by atoms with E-state index in [4.69, 9.17) is 0 Å². The molecule has 1 aliphatic carbocycles. The summed E-state index contributed by atoms with van der Waals surface area (Å²) in [5.74, 6) is -0.154. The van der Waals surface area contributed by atoms with E-state index in [-0.39, 0.29) is 11.5 Å². The monoisotopic (exact) mass is 296 g/mol. The van der Waals surface area contributed by atoms with Crippen molar-refractivity contribution in [2.75, 3.05) is 5.32 Å². The summed E-state index contributed by atoms with van der Waals surface area (Å²) < 4.78 is 1.45. The van der Waals surface area contributed by atoms with Crippen LogP contribution in [0.25, 0.3) is 0 Å². The summed E-state index contributed by atoms with van der Waals surface area (Å²) in [5, 5.41) is 2.71. The fourth-order valence-electron chi connectivity index (χ4n) is 2.97. The molecule has 1 aromatic heterocycles. The van der Waals surface area contributed by atoms with Gasteiger partial charge in [-0.05, 0) is 54.5 Å². The molecule has 0 spiro atoms. The molecular weight excluding hydrogens is 276 g/mol. The van der Waals surface area contributed by atoms with E-state index in [2.05, 4.69) is 17.4 Å². The Morgan fingerprint density at radius 2 is 1.95 bits per heavy atom. The number of aryl methyl sites for hydroxylation is 3. The molecule has 0 radical (unpaired) electrons. The van der Waals surface area contributed by atoms with Gasteiger partial charge in [-0.1, -0.05) is 18.2 Å². The third-order valence-electron chi connectivity index (χ3n) is 4.17. The Bertz CT molecular complexity index is 762. The maximum absolute atomic E-state index is 12.2. The molecule has 0 saturated heterocycles. The van der Waals surface area contributed by atoms with Crippen molar-refractivity contribution >= 4 is 11.6 Å². The molecular formula is C18H20N2O2. The van der Waals surface area contributed by atoms with E-state index in [1.165, 1.54) is 28.5 Å². The lowest BCUT2D eigenvalue weighted by atomic mass is 9.90. The van der Waals surface area contributed by atoms with Crippen molar-refractivity contribution in [3.05, 3.63) is 63.6 Å². The van der Waals surface area contributed by atoms with Gasteiger partial charge in [-0.25, -0.2) is 0 Å². The predicted octanol–water partition coefficient (Wildman–Crippen LogP) is 2.45. The Hall–Kier alpha value is -2.36. The Morgan fingerprint density at radius 3 is 2.77 bits per heavy atom. The number of hydrogen-bond donors (Lipinski definition) is 1. The molecule has 114 valence electrons. The van der Waals surface area contributed by atoms with Crippen molar-refractivity contribution in [3.8, 4) is 0 Å². The number of aromatic nitrogens is 1.